The van der Waals surface area contributed by atoms with Crippen molar-refractivity contribution in [2.45, 2.75) is 38.3 Å². The Morgan fingerprint density at radius 3 is 2.47 bits per heavy atom. The number of carbonyl (C=O) groups is 2. The fourth-order valence-corrected chi connectivity index (χ4v) is 4.11. The van der Waals surface area contributed by atoms with E-state index in [1.807, 2.05) is 0 Å². The van der Waals surface area contributed by atoms with E-state index in [1.54, 1.807) is 34.1 Å². The first-order chi connectivity index (χ1) is 14.4. The molecule has 7 heteroatoms. The third-order valence-corrected chi connectivity index (χ3v) is 6.03. The molecule has 1 aliphatic heterocycles. The lowest BCUT2D eigenvalue weighted by atomic mass is 9.95. The molecule has 4 nitrogen and oxygen atoms in total. The monoisotopic (exact) mass is 432 g/mol. The van der Waals surface area contributed by atoms with Crippen LogP contribution in [0.2, 0.25) is 5.02 Å². The van der Waals surface area contributed by atoms with E-state index in [2.05, 4.69) is 0 Å². The fraction of sp³-hybridized carbons (Fsp3) is 0.391. The van der Waals surface area contributed by atoms with Crippen molar-refractivity contribution in [1.29, 1.82) is 0 Å². The summed E-state index contributed by atoms with van der Waals surface area (Å²) in [5.41, 5.74) is 0.849. The number of amides is 2. The molecule has 1 saturated heterocycles. The van der Waals surface area contributed by atoms with Crippen LogP contribution in [-0.2, 0) is 11.3 Å². The molecule has 1 saturated carbocycles. The molecule has 2 amide bonds. The molecule has 0 N–H and O–H groups in total. The largest absolute Gasteiger partial charge is 0.338 e. The van der Waals surface area contributed by atoms with Crippen molar-refractivity contribution < 1.29 is 18.4 Å². The number of nitrogens with zero attached hydrogens (tertiary/aromatic N) is 2. The molecule has 2 aromatic carbocycles. The van der Waals surface area contributed by atoms with Gasteiger partial charge in [-0.25, -0.2) is 8.78 Å². The van der Waals surface area contributed by atoms with E-state index in [0.29, 0.717) is 35.7 Å². The Labute approximate surface area is 179 Å². The van der Waals surface area contributed by atoms with Crippen LogP contribution in [0.1, 0.15) is 41.6 Å². The highest BCUT2D eigenvalue weighted by Gasteiger charge is 2.38. The lowest BCUT2D eigenvalue weighted by Gasteiger charge is -2.35. The number of hydrogen-bond acceptors (Lipinski definition) is 2. The maximum absolute atomic E-state index is 14.1. The predicted molar refractivity (Wildman–Crippen MR) is 110 cm³/mol. The summed E-state index contributed by atoms with van der Waals surface area (Å²) in [6.45, 7) is 1.06. The molecule has 1 atom stereocenters. The van der Waals surface area contributed by atoms with E-state index in [0.717, 1.165) is 25.3 Å². The van der Waals surface area contributed by atoms with Crippen LogP contribution in [-0.4, -0.2) is 40.7 Å². The second-order valence-corrected chi connectivity index (χ2v) is 8.47. The van der Waals surface area contributed by atoms with Crippen molar-refractivity contribution in [1.82, 2.24) is 9.80 Å². The van der Waals surface area contributed by atoms with Gasteiger partial charge < -0.3 is 9.80 Å². The van der Waals surface area contributed by atoms with Crippen LogP contribution >= 0.6 is 11.6 Å². The van der Waals surface area contributed by atoms with Crippen LogP contribution < -0.4 is 0 Å². The molecule has 2 aromatic rings. The summed E-state index contributed by atoms with van der Waals surface area (Å²) in [5.74, 6) is -1.78. The van der Waals surface area contributed by atoms with Crippen molar-refractivity contribution in [2.75, 3.05) is 13.1 Å². The van der Waals surface area contributed by atoms with Gasteiger partial charge in [-0.1, -0.05) is 17.7 Å². The van der Waals surface area contributed by atoms with Crippen molar-refractivity contribution >= 4 is 23.4 Å². The molecular weight excluding hydrogens is 410 g/mol. The molecule has 2 fully saturated rings. The summed E-state index contributed by atoms with van der Waals surface area (Å²) in [6.07, 6.45) is 3.20. The first-order valence-corrected chi connectivity index (χ1v) is 10.6. The molecule has 2 aliphatic rings. The molecule has 1 heterocycles. The van der Waals surface area contributed by atoms with Gasteiger partial charge >= 0.3 is 0 Å². The van der Waals surface area contributed by atoms with Crippen LogP contribution in [0.25, 0.3) is 0 Å². The van der Waals surface area contributed by atoms with Gasteiger partial charge in [-0.05, 0) is 56.0 Å². The quantitative estimate of drug-likeness (QED) is 0.689. The van der Waals surface area contributed by atoms with Gasteiger partial charge in [0.25, 0.3) is 5.91 Å². The minimum Gasteiger partial charge on any atom is -0.338 e. The summed E-state index contributed by atoms with van der Waals surface area (Å²) in [5, 5.41) is 0.561. The molecule has 30 heavy (non-hydrogen) atoms. The van der Waals surface area contributed by atoms with E-state index >= 15 is 0 Å². The Bertz CT molecular complexity index is 947. The highest BCUT2D eigenvalue weighted by Crippen LogP contribution is 2.32. The zero-order chi connectivity index (χ0) is 21.3. The van der Waals surface area contributed by atoms with Crippen LogP contribution in [0.15, 0.2) is 42.5 Å². The number of rotatable bonds is 5. The summed E-state index contributed by atoms with van der Waals surface area (Å²) in [7, 11) is 0. The Kier molecular flexibility index (Phi) is 6.04. The third-order valence-electron chi connectivity index (χ3n) is 5.78. The van der Waals surface area contributed by atoms with Crippen molar-refractivity contribution in [3.63, 3.8) is 0 Å². The van der Waals surface area contributed by atoms with E-state index in [9.17, 15) is 18.4 Å². The Morgan fingerprint density at radius 2 is 1.80 bits per heavy atom. The average molecular weight is 433 g/mol. The smallest absolute Gasteiger partial charge is 0.253 e. The Balaban J connectivity index is 1.46. The lowest BCUT2D eigenvalue weighted by Crippen LogP contribution is -2.47. The van der Waals surface area contributed by atoms with Crippen LogP contribution in [0, 0.1) is 17.6 Å². The highest BCUT2D eigenvalue weighted by atomic mass is 35.5. The molecule has 0 radical (unpaired) electrons. The van der Waals surface area contributed by atoms with Crippen molar-refractivity contribution in [3.8, 4) is 0 Å². The average Bonchev–Trinajstić information content (AvgIpc) is 3.58. The lowest BCUT2D eigenvalue weighted by molar-refractivity contribution is -0.138. The Hall–Kier alpha value is -2.47. The van der Waals surface area contributed by atoms with Gasteiger partial charge in [-0.2, -0.15) is 0 Å². The van der Waals surface area contributed by atoms with Gasteiger partial charge in [-0.15, -0.1) is 0 Å². The molecule has 0 spiro atoms. The predicted octanol–water partition coefficient (Wildman–Crippen LogP) is 4.66. The molecule has 4 rings (SSSR count). The van der Waals surface area contributed by atoms with E-state index in [1.165, 1.54) is 12.1 Å². The van der Waals surface area contributed by atoms with Crippen molar-refractivity contribution in [2.24, 2.45) is 5.92 Å². The number of likely N-dealkylation sites (tertiary alicyclic amines) is 1. The summed E-state index contributed by atoms with van der Waals surface area (Å²) in [6, 6.07) is 10.3. The van der Waals surface area contributed by atoms with Gasteiger partial charge in [0, 0.05) is 47.9 Å². The maximum Gasteiger partial charge on any atom is 0.253 e. The SMILES string of the molecule is O=C(c1ccc(Cl)cc1)N1CCCC(C(=O)N(Cc2ccc(F)cc2F)C2CC2)C1. The zero-order valence-electron chi connectivity index (χ0n) is 16.5. The van der Waals surface area contributed by atoms with Crippen LogP contribution in [0.4, 0.5) is 8.78 Å². The summed E-state index contributed by atoms with van der Waals surface area (Å²) < 4.78 is 27.4. The zero-order valence-corrected chi connectivity index (χ0v) is 17.2. The van der Waals surface area contributed by atoms with E-state index in [-0.39, 0.29) is 30.3 Å². The van der Waals surface area contributed by atoms with Crippen LogP contribution in [0.5, 0.6) is 0 Å². The normalized spacial score (nSPS) is 18.9. The van der Waals surface area contributed by atoms with Crippen LogP contribution in [0.3, 0.4) is 0 Å². The third kappa shape index (κ3) is 4.64. The number of piperidine rings is 1. The first-order valence-electron chi connectivity index (χ1n) is 10.2. The molecule has 1 unspecified atom stereocenters. The minimum absolute atomic E-state index is 0.0603. The highest BCUT2D eigenvalue weighted by molar-refractivity contribution is 6.30. The molecular formula is C23H23ClF2N2O2. The number of hydrogen-bond donors (Lipinski definition) is 0. The maximum atomic E-state index is 14.1. The number of halogens is 3. The topological polar surface area (TPSA) is 40.6 Å². The minimum atomic E-state index is -0.642. The molecule has 1 aliphatic carbocycles. The second kappa shape index (κ2) is 8.72. The van der Waals surface area contributed by atoms with Gasteiger partial charge in [0.1, 0.15) is 11.6 Å². The van der Waals surface area contributed by atoms with Gasteiger partial charge in [0.05, 0.1) is 5.92 Å². The molecule has 0 bridgehead atoms. The summed E-state index contributed by atoms with van der Waals surface area (Å²) >= 11 is 5.90. The Morgan fingerprint density at radius 1 is 1.07 bits per heavy atom. The van der Waals surface area contributed by atoms with Gasteiger partial charge in [0.2, 0.25) is 5.91 Å². The van der Waals surface area contributed by atoms with E-state index in [4.69, 9.17) is 11.6 Å². The molecule has 0 aromatic heterocycles. The fourth-order valence-electron chi connectivity index (χ4n) is 3.98. The summed E-state index contributed by atoms with van der Waals surface area (Å²) in [4.78, 5) is 29.5. The van der Waals surface area contributed by atoms with E-state index < -0.39 is 11.6 Å². The standard InChI is InChI=1S/C23H23ClF2N2O2/c24-18-6-3-15(4-7-18)22(29)27-11-1-2-17(13-27)23(30)28(20-9-10-20)14-16-5-8-19(25)12-21(16)26/h3-8,12,17,20H,1-2,9-11,13-14H2. The van der Waals surface area contributed by atoms with Gasteiger partial charge in [0.15, 0.2) is 0 Å². The number of benzene rings is 2. The van der Waals surface area contributed by atoms with Gasteiger partial charge in [-0.3, -0.25) is 9.59 Å². The second-order valence-electron chi connectivity index (χ2n) is 8.03. The first kappa shape index (κ1) is 20.8. The van der Waals surface area contributed by atoms with Crippen molar-refractivity contribution in [3.05, 3.63) is 70.2 Å². The molecule has 158 valence electrons. The number of carbonyl (C=O) groups excluding carboxylic acids is 2.